The number of hydrogen-bond acceptors (Lipinski definition) is 2. The zero-order valence-corrected chi connectivity index (χ0v) is 12.8. The molecule has 2 nitrogen and oxygen atoms in total. The molecule has 0 saturated heterocycles. The monoisotopic (exact) mass is 303 g/mol. The van der Waals surface area contributed by atoms with E-state index in [-0.39, 0.29) is 18.1 Å². The Morgan fingerprint density at radius 1 is 1.10 bits per heavy atom. The standard InChI is InChI=1S/C16H24F3NO/c1-15(2,3)11-14(13-7-5-4-6-8-13)20-9-10-21-12-16(17,18)19/h4-8,14,20H,9-12H2,1-3H3. The zero-order valence-electron chi connectivity index (χ0n) is 12.8. The molecule has 0 spiro atoms. The van der Waals surface area contributed by atoms with Gasteiger partial charge in [0.1, 0.15) is 6.61 Å². The Kier molecular flexibility index (Phi) is 6.68. The van der Waals surface area contributed by atoms with Crippen LogP contribution in [0.1, 0.15) is 38.8 Å². The molecule has 21 heavy (non-hydrogen) atoms. The van der Waals surface area contributed by atoms with Gasteiger partial charge in [0.15, 0.2) is 0 Å². The lowest BCUT2D eigenvalue weighted by Gasteiger charge is -2.27. The third-order valence-electron chi connectivity index (χ3n) is 2.92. The van der Waals surface area contributed by atoms with Gasteiger partial charge in [0, 0.05) is 12.6 Å². The van der Waals surface area contributed by atoms with Crippen molar-refractivity contribution in [1.29, 1.82) is 0 Å². The molecule has 0 aliphatic heterocycles. The lowest BCUT2D eigenvalue weighted by molar-refractivity contribution is -0.173. The molecule has 1 aromatic rings. The summed E-state index contributed by atoms with van der Waals surface area (Å²) in [6, 6.07) is 10.0. The van der Waals surface area contributed by atoms with Crippen LogP contribution in [-0.2, 0) is 4.74 Å². The molecule has 0 bridgehead atoms. The van der Waals surface area contributed by atoms with Gasteiger partial charge in [-0.25, -0.2) is 0 Å². The highest BCUT2D eigenvalue weighted by atomic mass is 19.4. The topological polar surface area (TPSA) is 21.3 Å². The fourth-order valence-electron chi connectivity index (χ4n) is 2.10. The van der Waals surface area contributed by atoms with Crippen molar-refractivity contribution in [1.82, 2.24) is 5.32 Å². The summed E-state index contributed by atoms with van der Waals surface area (Å²) in [7, 11) is 0. The molecule has 120 valence electrons. The smallest absolute Gasteiger partial charge is 0.371 e. The maximum Gasteiger partial charge on any atom is 0.411 e. The average molecular weight is 303 g/mol. The van der Waals surface area contributed by atoms with E-state index < -0.39 is 12.8 Å². The second kappa shape index (κ2) is 7.80. The first-order valence-corrected chi connectivity index (χ1v) is 7.10. The van der Waals surface area contributed by atoms with Crippen molar-refractivity contribution in [2.45, 2.75) is 39.4 Å². The Morgan fingerprint density at radius 3 is 2.24 bits per heavy atom. The van der Waals surface area contributed by atoms with E-state index in [4.69, 9.17) is 0 Å². The van der Waals surface area contributed by atoms with Crippen LogP contribution >= 0.6 is 0 Å². The summed E-state index contributed by atoms with van der Waals surface area (Å²) in [6.07, 6.45) is -3.36. The van der Waals surface area contributed by atoms with Crippen LogP contribution in [0.4, 0.5) is 13.2 Å². The zero-order chi connectivity index (χ0) is 15.9. The first-order valence-electron chi connectivity index (χ1n) is 7.10. The summed E-state index contributed by atoms with van der Waals surface area (Å²) in [5, 5.41) is 3.29. The molecule has 0 radical (unpaired) electrons. The predicted octanol–water partition coefficient (Wildman–Crippen LogP) is 4.33. The third kappa shape index (κ3) is 8.73. The Labute approximate surface area is 124 Å². The van der Waals surface area contributed by atoms with Crippen molar-refractivity contribution in [3.05, 3.63) is 35.9 Å². The average Bonchev–Trinajstić information content (AvgIpc) is 2.35. The second-order valence-electron chi connectivity index (χ2n) is 6.35. The van der Waals surface area contributed by atoms with Crippen molar-refractivity contribution in [2.24, 2.45) is 5.41 Å². The minimum absolute atomic E-state index is 0.0486. The van der Waals surface area contributed by atoms with Crippen molar-refractivity contribution in [3.8, 4) is 0 Å². The SMILES string of the molecule is CC(C)(C)CC(NCCOCC(F)(F)F)c1ccccc1. The van der Waals surface area contributed by atoms with Gasteiger partial charge in [0.2, 0.25) is 0 Å². The van der Waals surface area contributed by atoms with Crippen LogP contribution in [0, 0.1) is 5.41 Å². The van der Waals surface area contributed by atoms with Crippen LogP contribution in [0.25, 0.3) is 0 Å². The summed E-state index contributed by atoms with van der Waals surface area (Å²) >= 11 is 0. The normalized spacial score (nSPS) is 14.2. The quantitative estimate of drug-likeness (QED) is 0.757. The largest absolute Gasteiger partial charge is 0.411 e. The molecule has 1 aromatic carbocycles. The van der Waals surface area contributed by atoms with Gasteiger partial charge >= 0.3 is 6.18 Å². The number of rotatable bonds is 7. The number of alkyl halides is 3. The van der Waals surface area contributed by atoms with Crippen LogP contribution in [0.3, 0.4) is 0 Å². The maximum atomic E-state index is 12.0. The molecular weight excluding hydrogens is 279 g/mol. The second-order valence-corrected chi connectivity index (χ2v) is 6.35. The first-order chi connectivity index (χ1) is 9.67. The number of ether oxygens (including phenoxy) is 1. The van der Waals surface area contributed by atoms with Gasteiger partial charge in [0.05, 0.1) is 6.61 Å². The molecular formula is C16H24F3NO. The highest BCUT2D eigenvalue weighted by Crippen LogP contribution is 2.29. The third-order valence-corrected chi connectivity index (χ3v) is 2.92. The van der Waals surface area contributed by atoms with Crippen molar-refractivity contribution >= 4 is 0 Å². The highest BCUT2D eigenvalue weighted by molar-refractivity contribution is 5.19. The fourth-order valence-corrected chi connectivity index (χ4v) is 2.10. The van der Waals surface area contributed by atoms with E-state index in [0.29, 0.717) is 6.54 Å². The van der Waals surface area contributed by atoms with E-state index in [1.54, 1.807) is 0 Å². The van der Waals surface area contributed by atoms with Gasteiger partial charge < -0.3 is 10.1 Å². The Hall–Kier alpha value is -1.07. The van der Waals surface area contributed by atoms with Crippen molar-refractivity contribution < 1.29 is 17.9 Å². The van der Waals surface area contributed by atoms with E-state index in [9.17, 15) is 13.2 Å². The van der Waals surface area contributed by atoms with E-state index >= 15 is 0 Å². The van der Waals surface area contributed by atoms with Gasteiger partial charge in [-0.15, -0.1) is 0 Å². The predicted molar refractivity (Wildman–Crippen MR) is 78.1 cm³/mol. The summed E-state index contributed by atoms with van der Waals surface area (Å²) in [4.78, 5) is 0. The van der Waals surface area contributed by atoms with Gasteiger partial charge in [-0.3, -0.25) is 0 Å². The molecule has 0 aromatic heterocycles. The fraction of sp³-hybridized carbons (Fsp3) is 0.625. The number of hydrogen-bond donors (Lipinski definition) is 1. The van der Waals surface area contributed by atoms with E-state index in [1.807, 2.05) is 30.3 Å². The van der Waals surface area contributed by atoms with Gasteiger partial charge in [0.25, 0.3) is 0 Å². The van der Waals surface area contributed by atoms with Crippen LogP contribution < -0.4 is 5.32 Å². The minimum atomic E-state index is -4.26. The van der Waals surface area contributed by atoms with E-state index in [0.717, 1.165) is 12.0 Å². The van der Waals surface area contributed by atoms with Crippen molar-refractivity contribution in [3.63, 3.8) is 0 Å². The molecule has 1 rings (SSSR count). The minimum Gasteiger partial charge on any atom is -0.371 e. The lowest BCUT2D eigenvalue weighted by atomic mass is 9.85. The Balaban J connectivity index is 2.47. The molecule has 1 N–H and O–H groups in total. The van der Waals surface area contributed by atoms with Crippen LogP contribution in [-0.4, -0.2) is 25.9 Å². The highest BCUT2D eigenvalue weighted by Gasteiger charge is 2.27. The molecule has 0 amide bonds. The summed E-state index contributed by atoms with van der Waals surface area (Å²) in [5.41, 5.74) is 1.27. The number of halogens is 3. The lowest BCUT2D eigenvalue weighted by Crippen LogP contribution is -2.29. The molecule has 0 aliphatic rings. The molecule has 0 heterocycles. The summed E-state index contributed by atoms with van der Waals surface area (Å²) in [5.74, 6) is 0. The Morgan fingerprint density at radius 2 is 1.71 bits per heavy atom. The molecule has 0 saturated carbocycles. The number of benzene rings is 1. The summed E-state index contributed by atoms with van der Waals surface area (Å²) in [6.45, 7) is 5.68. The van der Waals surface area contributed by atoms with E-state index in [2.05, 4.69) is 30.8 Å². The van der Waals surface area contributed by atoms with Gasteiger partial charge in [-0.1, -0.05) is 51.1 Å². The molecule has 5 heteroatoms. The van der Waals surface area contributed by atoms with E-state index in [1.165, 1.54) is 0 Å². The molecule has 0 aliphatic carbocycles. The van der Waals surface area contributed by atoms with Gasteiger partial charge in [-0.05, 0) is 17.4 Å². The van der Waals surface area contributed by atoms with Gasteiger partial charge in [-0.2, -0.15) is 13.2 Å². The van der Waals surface area contributed by atoms with Crippen molar-refractivity contribution in [2.75, 3.05) is 19.8 Å². The first kappa shape index (κ1) is 18.0. The van der Waals surface area contributed by atoms with Crippen LogP contribution in [0.2, 0.25) is 0 Å². The Bertz CT molecular complexity index is 398. The summed E-state index contributed by atoms with van der Waals surface area (Å²) < 4.78 is 40.6. The molecule has 1 atom stereocenters. The van der Waals surface area contributed by atoms with Crippen LogP contribution in [0.5, 0.6) is 0 Å². The maximum absolute atomic E-state index is 12.0. The van der Waals surface area contributed by atoms with Crippen LogP contribution in [0.15, 0.2) is 30.3 Å². The molecule has 0 fully saturated rings. The molecule has 1 unspecified atom stereocenters. The number of nitrogens with one attached hydrogen (secondary N) is 1.